The van der Waals surface area contributed by atoms with Crippen molar-refractivity contribution >= 4 is 37.8 Å². The number of benzene rings is 3. The largest absolute Gasteiger partial charge is 0.507 e. The van der Waals surface area contributed by atoms with E-state index in [1.54, 1.807) is 36.4 Å². The molecular formula is C20H12Br2O5. The maximum atomic E-state index is 11.8. The summed E-state index contributed by atoms with van der Waals surface area (Å²) in [6, 6.07) is 13.2. The van der Waals surface area contributed by atoms with Crippen LogP contribution in [0.3, 0.4) is 0 Å². The van der Waals surface area contributed by atoms with E-state index in [-0.39, 0.29) is 17.1 Å². The molecule has 3 aromatic carbocycles. The molecular weight excluding hydrogens is 480 g/mol. The highest BCUT2D eigenvalue weighted by atomic mass is 79.9. The van der Waals surface area contributed by atoms with Gasteiger partial charge >= 0.3 is 5.97 Å². The molecule has 136 valence electrons. The Bertz CT molecular complexity index is 1040. The van der Waals surface area contributed by atoms with Gasteiger partial charge in [0.25, 0.3) is 0 Å². The van der Waals surface area contributed by atoms with Crippen molar-refractivity contribution in [3.8, 4) is 23.0 Å². The molecule has 27 heavy (non-hydrogen) atoms. The normalized spacial score (nSPS) is 12.8. The average molecular weight is 492 g/mol. The molecule has 1 aliphatic rings. The summed E-state index contributed by atoms with van der Waals surface area (Å²) in [5, 5.41) is 29.8. The smallest absolute Gasteiger partial charge is 0.335 e. The third-order valence-electron chi connectivity index (χ3n) is 4.54. The summed E-state index contributed by atoms with van der Waals surface area (Å²) in [5.74, 6) is -0.740. The Morgan fingerprint density at radius 3 is 1.85 bits per heavy atom. The standard InChI is InChI=1S/C20H12Br2O5/c21-16-13(23)7-5-11-15(9-3-1-2-4-10(9)20(25)26)12-6-8-14(24)17(22)19(12)27-18(11)16/h1-8,15,23-24H,(H,25,26). The van der Waals surface area contributed by atoms with Crippen LogP contribution in [-0.4, -0.2) is 21.3 Å². The second-order valence-corrected chi connectivity index (χ2v) is 7.65. The number of halogens is 2. The molecule has 0 bridgehead atoms. The molecule has 0 saturated carbocycles. The van der Waals surface area contributed by atoms with Gasteiger partial charge in [-0.1, -0.05) is 30.3 Å². The SMILES string of the molecule is O=C(O)c1ccccc1C1c2ccc(O)c(Br)c2Oc2c1ccc(O)c2Br. The van der Waals surface area contributed by atoms with Crippen molar-refractivity contribution in [1.82, 2.24) is 0 Å². The van der Waals surface area contributed by atoms with Crippen LogP contribution in [0.2, 0.25) is 0 Å². The lowest BCUT2D eigenvalue weighted by Gasteiger charge is -2.31. The summed E-state index contributed by atoms with van der Waals surface area (Å²) in [4.78, 5) is 11.8. The van der Waals surface area contributed by atoms with E-state index in [9.17, 15) is 20.1 Å². The molecule has 0 atom stereocenters. The average Bonchev–Trinajstić information content (AvgIpc) is 2.66. The highest BCUT2D eigenvalue weighted by Gasteiger charge is 2.34. The molecule has 1 aliphatic heterocycles. The van der Waals surface area contributed by atoms with Crippen LogP contribution >= 0.6 is 31.9 Å². The number of ether oxygens (including phenoxy) is 1. The van der Waals surface area contributed by atoms with Crippen LogP contribution in [0.25, 0.3) is 0 Å². The Labute approximate surface area is 171 Å². The molecule has 0 fully saturated rings. The number of carboxylic acid groups (broad SMARTS) is 1. The Kier molecular flexibility index (Phi) is 4.36. The third-order valence-corrected chi connectivity index (χ3v) is 6.08. The van der Waals surface area contributed by atoms with Crippen molar-refractivity contribution in [3.05, 3.63) is 79.7 Å². The lowest BCUT2D eigenvalue weighted by atomic mass is 9.80. The molecule has 3 N–H and O–H groups in total. The molecule has 0 radical (unpaired) electrons. The minimum Gasteiger partial charge on any atom is -0.507 e. The summed E-state index contributed by atoms with van der Waals surface area (Å²) in [7, 11) is 0. The molecule has 0 amide bonds. The van der Waals surface area contributed by atoms with Gasteiger partial charge in [0.2, 0.25) is 0 Å². The lowest BCUT2D eigenvalue weighted by molar-refractivity contribution is 0.0695. The van der Waals surface area contributed by atoms with E-state index in [1.165, 1.54) is 12.1 Å². The van der Waals surface area contributed by atoms with E-state index >= 15 is 0 Å². The fraction of sp³-hybridized carbons (Fsp3) is 0.0500. The fourth-order valence-electron chi connectivity index (χ4n) is 3.33. The molecule has 4 rings (SSSR count). The van der Waals surface area contributed by atoms with Crippen LogP contribution in [0.5, 0.6) is 23.0 Å². The number of phenols is 2. The van der Waals surface area contributed by atoms with Gasteiger partial charge in [0.05, 0.1) is 5.56 Å². The number of aromatic carboxylic acids is 1. The first-order valence-corrected chi connectivity index (χ1v) is 9.51. The van der Waals surface area contributed by atoms with Gasteiger partial charge in [-0.2, -0.15) is 0 Å². The number of carbonyl (C=O) groups is 1. The highest BCUT2D eigenvalue weighted by Crippen LogP contribution is 2.55. The van der Waals surface area contributed by atoms with Gasteiger partial charge in [-0.15, -0.1) is 0 Å². The van der Waals surface area contributed by atoms with E-state index < -0.39 is 11.9 Å². The molecule has 7 heteroatoms. The summed E-state index contributed by atoms with van der Waals surface area (Å²) in [5.41, 5.74) is 2.18. The monoisotopic (exact) mass is 490 g/mol. The number of rotatable bonds is 2. The van der Waals surface area contributed by atoms with Gasteiger partial charge in [0.1, 0.15) is 31.9 Å². The Hall–Kier alpha value is -2.51. The molecule has 1 heterocycles. The Morgan fingerprint density at radius 1 is 0.815 bits per heavy atom. The number of phenolic OH excluding ortho intramolecular Hbond substituents is 2. The number of aromatic hydroxyl groups is 2. The number of carboxylic acids is 1. The van der Waals surface area contributed by atoms with Crippen molar-refractivity contribution < 1.29 is 24.9 Å². The van der Waals surface area contributed by atoms with Crippen molar-refractivity contribution in [2.45, 2.75) is 5.92 Å². The van der Waals surface area contributed by atoms with Crippen molar-refractivity contribution in [2.24, 2.45) is 0 Å². The topological polar surface area (TPSA) is 87.0 Å². The van der Waals surface area contributed by atoms with Gasteiger partial charge in [-0.25, -0.2) is 4.79 Å². The summed E-state index contributed by atoms with van der Waals surface area (Å²) in [6.07, 6.45) is 0. The number of hydrogen-bond acceptors (Lipinski definition) is 4. The summed E-state index contributed by atoms with van der Waals surface area (Å²) in [6.45, 7) is 0. The molecule has 0 spiro atoms. The maximum absolute atomic E-state index is 11.8. The van der Waals surface area contributed by atoms with Gasteiger partial charge in [0, 0.05) is 17.0 Å². The predicted molar refractivity (Wildman–Crippen MR) is 106 cm³/mol. The number of hydrogen-bond donors (Lipinski definition) is 3. The molecule has 5 nitrogen and oxygen atoms in total. The molecule has 0 aliphatic carbocycles. The maximum Gasteiger partial charge on any atom is 0.335 e. The molecule has 0 saturated heterocycles. The van der Waals surface area contributed by atoms with E-state index in [1.807, 2.05) is 0 Å². The van der Waals surface area contributed by atoms with Crippen LogP contribution in [0.15, 0.2) is 57.5 Å². The quantitative estimate of drug-likeness (QED) is 0.339. The number of fused-ring (bicyclic) bond motifs is 2. The first-order chi connectivity index (χ1) is 12.9. The second kappa shape index (κ2) is 6.58. The van der Waals surface area contributed by atoms with Crippen LogP contribution in [0, 0.1) is 0 Å². The zero-order chi connectivity index (χ0) is 19.3. The van der Waals surface area contributed by atoms with Gasteiger partial charge < -0.3 is 20.1 Å². The molecule has 0 unspecified atom stereocenters. The first kappa shape index (κ1) is 17.9. The highest BCUT2D eigenvalue weighted by molar-refractivity contribution is 9.11. The first-order valence-electron chi connectivity index (χ1n) is 7.93. The van der Waals surface area contributed by atoms with Crippen molar-refractivity contribution in [3.63, 3.8) is 0 Å². The van der Waals surface area contributed by atoms with Crippen LogP contribution < -0.4 is 4.74 Å². The zero-order valence-corrected chi connectivity index (χ0v) is 16.8. The van der Waals surface area contributed by atoms with Crippen LogP contribution in [-0.2, 0) is 0 Å². The van der Waals surface area contributed by atoms with E-state index in [0.29, 0.717) is 37.1 Å². The van der Waals surface area contributed by atoms with Crippen LogP contribution in [0.4, 0.5) is 0 Å². The zero-order valence-electron chi connectivity index (χ0n) is 13.6. The van der Waals surface area contributed by atoms with Crippen LogP contribution in [0.1, 0.15) is 33.0 Å². The summed E-state index contributed by atoms with van der Waals surface area (Å²) >= 11 is 6.68. The van der Waals surface area contributed by atoms with Gasteiger partial charge in [0.15, 0.2) is 0 Å². The van der Waals surface area contributed by atoms with Gasteiger partial charge in [-0.05, 0) is 55.6 Å². The second-order valence-electron chi connectivity index (χ2n) is 6.06. The van der Waals surface area contributed by atoms with E-state index in [0.717, 1.165) is 0 Å². The molecule has 3 aromatic rings. The Morgan fingerprint density at radius 2 is 1.33 bits per heavy atom. The van der Waals surface area contributed by atoms with E-state index in [2.05, 4.69) is 31.9 Å². The predicted octanol–water partition coefficient (Wildman–Crippen LogP) is 5.61. The van der Waals surface area contributed by atoms with Gasteiger partial charge in [-0.3, -0.25) is 0 Å². The lowest BCUT2D eigenvalue weighted by Crippen LogP contribution is -2.15. The minimum atomic E-state index is -1.03. The summed E-state index contributed by atoms with van der Waals surface area (Å²) < 4.78 is 6.71. The fourth-order valence-corrected chi connectivity index (χ4v) is 4.22. The van der Waals surface area contributed by atoms with Crippen molar-refractivity contribution in [2.75, 3.05) is 0 Å². The van der Waals surface area contributed by atoms with E-state index in [4.69, 9.17) is 4.74 Å². The Balaban J connectivity index is 2.08. The third kappa shape index (κ3) is 2.78. The minimum absolute atomic E-state index is 0.00116. The molecule has 0 aromatic heterocycles. The van der Waals surface area contributed by atoms with Crippen molar-refractivity contribution in [1.29, 1.82) is 0 Å².